The first-order chi connectivity index (χ1) is 14.8. The van der Waals surface area contributed by atoms with Crippen molar-refractivity contribution in [3.05, 3.63) is 52.7 Å². The average Bonchev–Trinajstić information content (AvgIpc) is 3.36. The van der Waals surface area contributed by atoms with E-state index in [0.29, 0.717) is 41.7 Å². The minimum Gasteiger partial charge on any atom is -0.381 e. The molecule has 0 saturated carbocycles. The van der Waals surface area contributed by atoms with E-state index < -0.39 is 8.07 Å². The molecule has 2 heterocycles. The Kier molecular flexibility index (Phi) is 8.01. The quantitative estimate of drug-likeness (QED) is 0.499. The van der Waals surface area contributed by atoms with Gasteiger partial charge in [-0.2, -0.15) is 0 Å². The minimum atomic E-state index is -1.66. The highest BCUT2D eigenvalue weighted by atomic mass is 28.3. The van der Waals surface area contributed by atoms with Crippen LogP contribution in [-0.4, -0.2) is 38.9 Å². The van der Waals surface area contributed by atoms with Crippen molar-refractivity contribution in [3.63, 3.8) is 0 Å². The lowest BCUT2D eigenvalue weighted by molar-refractivity contribution is -0.120. The van der Waals surface area contributed by atoms with Crippen molar-refractivity contribution < 1.29 is 23.2 Å². The summed E-state index contributed by atoms with van der Waals surface area (Å²) in [5.74, 6) is 3.53. The number of hydrogen-bond acceptors (Lipinski definition) is 5. The first kappa shape index (κ1) is 23.2. The smallest absolute Gasteiger partial charge is 0.226 e. The molecule has 0 aliphatic carbocycles. The van der Waals surface area contributed by atoms with E-state index in [-0.39, 0.29) is 31.4 Å². The molecule has 1 aromatic heterocycles. The highest BCUT2D eigenvalue weighted by Crippen LogP contribution is 2.18. The summed E-state index contributed by atoms with van der Waals surface area (Å²) in [5.41, 5.74) is 4.85. The lowest BCUT2D eigenvalue weighted by Crippen LogP contribution is -2.31. The Balaban J connectivity index is 1.66. The van der Waals surface area contributed by atoms with Gasteiger partial charge in [-0.25, -0.2) is 4.39 Å². The van der Waals surface area contributed by atoms with Gasteiger partial charge in [0.05, 0.1) is 25.2 Å². The van der Waals surface area contributed by atoms with E-state index in [9.17, 15) is 9.18 Å². The first-order valence-corrected chi connectivity index (χ1v) is 14.0. The second kappa shape index (κ2) is 10.7. The Hall–Kier alpha value is -2.47. The average molecular weight is 445 g/mol. The van der Waals surface area contributed by atoms with Gasteiger partial charge >= 0.3 is 0 Å². The maximum atomic E-state index is 13.8. The number of carbonyl (C=O) groups excluding carboxylic acids is 1. The fraction of sp³-hybridized carbons (Fsp3) is 0.478. The van der Waals surface area contributed by atoms with Crippen LogP contribution in [0.1, 0.15) is 29.0 Å². The molecule has 0 bridgehead atoms. The highest BCUT2D eigenvalue weighted by Gasteiger charge is 2.20. The number of benzene rings is 1. The third kappa shape index (κ3) is 7.31. The summed E-state index contributed by atoms with van der Waals surface area (Å²) in [6.07, 6.45) is 1.04. The molecule has 3 rings (SSSR count). The number of carbonyl (C=O) groups is 1. The van der Waals surface area contributed by atoms with Crippen LogP contribution in [0.5, 0.6) is 0 Å². The predicted octanol–water partition coefficient (Wildman–Crippen LogP) is 3.45. The molecule has 2 aromatic rings. The molecular weight excluding hydrogens is 415 g/mol. The van der Waals surface area contributed by atoms with E-state index in [1.165, 1.54) is 6.07 Å². The van der Waals surface area contributed by atoms with Gasteiger partial charge in [0.25, 0.3) is 0 Å². The molecular formula is C23H29FN2O4Si. The van der Waals surface area contributed by atoms with Gasteiger partial charge in [-0.15, -0.1) is 5.54 Å². The van der Waals surface area contributed by atoms with E-state index >= 15 is 0 Å². The zero-order valence-corrected chi connectivity index (χ0v) is 19.3. The Labute approximate surface area is 183 Å². The monoisotopic (exact) mass is 444 g/mol. The maximum Gasteiger partial charge on any atom is 0.226 e. The number of nitrogens with one attached hydrogen (secondary N) is 1. The minimum absolute atomic E-state index is 0.0834. The van der Waals surface area contributed by atoms with Gasteiger partial charge in [0.1, 0.15) is 26.2 Å². The Morgan fingerprint density at radius 1 is 1.32 bits per heavy atom. The van der Waals surface area contributed by atoms with E-state index in [4.69, 9.17) is 14.0 Å². The van der Waals surface area contributed by atoms with Crippen molar-refractivity contribution in [1.82, 2.24) is 10.5 Å². The molecule has 1 N–H and O–H groups in total. The van der Waals surface area contributed by atoms with Crippen LogP contribution in [0.15, 0.2) is 28.8 Å². The van der Waals surface area contributed by atoms with Crippen LogP contribution in [0, 0.1) is 23.2 Å². The maximum absolute atomic E-state index is 13.8. The van der Waals surface area contributed by atoms with Gasteiger partial charge in [-0.3, -0.25) is 4.79 Å². The third-order valence-corrected chi connectivity index (χ3v) is 5.66. The predicted molar refractivity (Wildman–Crippen MR) is 117 cm³/mol. The molecule has 0 radical (unpaired) electrons. The van der Waals surface area contributed by atoms with E-state index in [1.807, 2.05) is 0 Å². The number of ether oxygens (including phenoxy) is 2. The van der Waals surface area contributed by atoms with E-state index in [0.717, 1.165) is 13.0 Å². The molecule has 1 aromatic carbocycles. The summed E-state index contributed by atoms with van der Waals surface area (Å²) in [5, 5.41) is 7.02. The Morgan fingerprint density at radius 2 is 2.13 bits per heavy atom. The number of aromatic nitrogens is 1. The van der Waals surface area contributed by atoms with Crippen molar-refractivity contribution in [2.24, 2.45) is 5.92 Å². The van der Waals surface area contributed by atoms with Crippen molar-refractivity contribution >= 4 is 14.0 Å². The fourth-order valence-electron chi connectivity index (χ4n) is 3.06. The number of amides is 1. The third-order valence-electron chi connectivity index (χ3n) is 4.78. The fourth-order valence-corrected chi connectivity index (χ4v) is 3.56. The Bertz CT molecular complexity index is 952. The van der Waals surface area contributed by atoms with Gasteiger partial charge in [0.2, 0.25) is 5.91 Å². The molecule has 1 unspecified atom stereocenters. The molecule has 31 heavy (non-hydrogen) atoms. The van der Waals surface area contributed by atoms with Crippen LogP contribution in [0.25, 0.3) is 0 Å². The van der Waals surface area contributed by atoms with Crippen molar-refractivity contribution in [2.75, 3.05) is 19.8 Å². The molecule has 1 aliphatic rings. The zero-order valence-electron chi connectivity index (χ0n) is 18.3. The van der Waals surface area contributed by atoms with Crippen molar-refractivity contribution in [3.8, 4) is 11.5 Å². The van der Waals surface area contributed by atoms with Crippen LogP contribution in [0.2, 0.25) is 19.6 Å². The van der Waals surface area contributed by atoms with Gasteiger partial charge in [0.15, 0.2) is 5.76 Å². The van der Waals surface area contributed by atoms with E-state index in [2.05, 4.69) is 41.6 Å². The molecule has 0 spiro atoms. The molecule has 1 atom stereocenters. The standard InChI is InChI=1S/C23H29FN2O4Si/c1-31(2,3)11-9-19-21(12-23(27)25-13-17-8-10-28-14-17)26-30-22(19)16-29-15-18-6-4-5-7-20(18)24/h4-7,17H,8,10,12-16H2,1-3H3,(H,25,27). The van der Waals surface area contributed by atoms with Crippen LogP contribution in [0.3, 0.4) is 0 Å². The molecule has 166 valence electrons. The molecule has 8 heteroatoms. The summed E-state index contributed by atoms with van der Waals surface area (Å²) in [6, 6.07) is 6.46. The van der Waals surface area contributed by atoms with Crippen LogP contribution in [0.4, 0.5) is 4.39 Å². The van der Waals surface area contributed by atoms with Crippen LogP contribution in [-0.2, 0) is 33.9 Å². The molecule has 1 aliphatic heterocycles. The summed E-state index contributed by atoms with van der Waals surface area (Å²) >= 11 is 0. The van der Waals surface area contributed by atoms with Gasteiger partial charge in [-0.1, -0.05) is 48.9 Å². The van der Waals surface area contributed by atoms with E-state index in [1.54, 1.807) is 18.2 Å². The first-order valence-electron chi connectivity index (χ1n) is 10.5. The lowest BCUT2D eigenvalue weighted by Gasteiger charge is -2.09. The van der Waals surface area contributed by atoms with Crippen LogP contribution >= 0.6 is 0 Å². The van der Waals surface area contributed by atoms with Gasteiger partial charge in [0, 0.05) is 24.6 Å². The lowest BCUT2D eigenvalue weighted by atomic mass is 10.1. The largest absolute Gasteiger partial charge is 0.381 e. The summed E-state index contributed by atoms with van der Waals surface area (Å²) in [6.45, 7) is 8.63. The summed E-state index contributed by atoms with van der Waals surface area (Å²) in [7, 11) is -1.66. The normalized spacial score (nSPS) is 16.1. The molecule has 1 fully saturated rings. The number of nitrogens with zero attached hydrogens (tertiary/aromatic N) is 1. The summed E-state index contributed by atoms with van der Waals surface area (Å²) in [4.78, 5) is 12.4. The Morgan fingerprint density at radius 3 is 2.84 bits per heavy atom. The summed E-state index contributed by atoms with van der Waals surface area (Å²) < 4.78 is 30.2. The second-order valence-electron chi connectivity index (χ2n) is 8.72. The second-order valence-corrected chi connectivity index (χ2v) is 13.5. The number of hydrogen-bond donors (Lipinski definition) is 1. The van der Waals surface area contributed by atoms with Crippen molar-refractivity contribution in [1.29, 1.82) is 0 Å². The highest BCUT2D eigenvalue weighted by molar-refractivity contribution is 6.83. The van der Waals surface area contributed by atoms with Crippen molar-refractivity contribution in [2.45, 2.75) is 45.7 Å². The zero-order chi connectivity index (χ0) is 22.3. The molecule has 1 amide bonds. The van der Waals surface area contributed by atoms with Crippen LogP contribution < -0.4 is 5.32 Å². The number of rotatable bonds is 8. The van der Waals surface area contributed by atoms with Gasteiger partial charge < -0.3 is 19.3 Å². The van der Waals surface area contributed by atoms with Gasteiger partial charge in [-0.05, 0) is 12.5 Å². The topological polar surface area (TPSA) is 73.6 Å². The SMILES string of the molecule is C[Si](C)(C)C#Cc1c(CC(=O)NCC2CCOC2)noc1COCc1ccccc1F. The molecule has 1 saturated heterocycles. The molecule has 6 nitrogen and oxygen atoms in total. The number of halogens is 1.